The van der Waals surface area contributed by atoms with Crippen molar-refractivity contribution in [1.29, 1.82) is 10.5 Å². The van der Waals surface area contributed by atoms with Gasteiger partial charge in [-0.05, 0) is 57.7 Å². The summed E-state index contributed by atoms with van der Waals surface area (Å²) in [5, 5.41) is 17.9. The van der Waals surface area contributed by atoms with Crippen LogP contribution in [0.4, 0.5) is 0 Å². The van der Waals surface area contributed by atoms with E-state index >= 15 is 0 Å². The zero-order chi connectivity index (χ0) is 19.7. The van der Waals surface area contributed by atoms with Gasteiger partial charge in [0, 0.05) is 13.0 Å². The summed E-state index contributed by atoms with van der Waals surface area (Å²) in [6.45, 7) is 5.51. The van der Waals surface area contributed by atoms with Gasteiger partial charge in [-0.15, -0.1) is 0 Å². The number of rotatable bonds is 8. The predicted octanol–water partition coefficient (Wildman–Crippen LogP) is 4.61. The highest BCUT2D eigenvalue weighted by atomic mass is 79.9. The van der Waals surface area contributed by atoms with Gasteiger partial charge in [-0.1, -0.05) is 28.1 Å². The van der Waals surface area contributed by atoms with Crippen LogP contribution in [0, 0.1) is 34.5 Å². The maximum Gasteiger partial charge on any atom is 0.338 e. The number of benzene rings is 1. The van der Waals surface area contributed by atoms with E-state index in [1.807, 2.05) is 45.0 Å². The second kappa shape index (κ2) is 10.3. The fourth-order valence-corrected chi connectivity index (χ4v) is 3.10. The largest absolute Gasteiger partial charge is 0.456 e. The predicted molar refractivity (Wildman–Crippen MR) is 102 cm³/mol. The average molecular weight is 421 g/mol. The molecule has 2 unspecified atom stereocenters. The topological polar surface area (TPSA) is 83.1 Å². The van der Waals surface area contributed by atoms with Crippen LogP contribution in [0.2, 0.25) is 0 Å². The number of halogens is 1. The lowest BCUT2D eigenvalue weighted by Gasteiger charge is -2.22. The van der Waals surface area contributed by atoms with Crippen molar-refractivity contribution in [3.05, 3.63) is 35.4 Å². The van der Waals surface area contributed by atoms with E-state index in [1.165, 1.54) is 0 Å². The zero-order valence-electron chi connectivity index (χ0n) is 15.7. The molecule has 2 atom stereocenters. The number of aryl methyl sites for hydroxylation is 1. The van der Waals surface area contributed by atoms with Gasteiger partial charge in [0.05, 0.1) is 17.7 Å². The molecular weight excluding hydrogens is 396 g/mol. The van der Waals surface area contributed by atoms with Crippen LogP contribution in [0.15, 0.2) is 24.3 Å². The second-order valence-corrected chi connectivity index (χ2v) is 7.98. The normalized spacial score (nSPS) is 13.5. The van der Waals surface area contributed by atoms with Crippen molar-refractivity contribution < 1.29 is 14.3 Å². The number of carbonyl (C=O) groups is 1. The Hall–Kier alpha value is -1.89. The number of alkyl halides is 1. The third kappa shape index (κ3) is 7.15. The average Bonchev–Trinajstić information content (AvgIpc) is 2.59. The van der Waals surface area contributed by atoms with E-state index in [2.05, 4.69) is 15.9 Å². The van der Waals surface area contributed by atoms with E-state index in [9.17, 15) is 4.79 Å². The minimum Gasteiger partial charge on any atom is -0.456 e. The fourth-order valence-electron chi connectivity index (χ4n) is 2.53. The minimum atomic E-state index is -0.714. The SMILES string of the molecule is COC(Br)C(CCCc1ccc(C(=O)OC(C)(C)C)cc1)C(C#N)C#N. The molecule has 26 heavy (non-hydrogen) atoms. The van der Waals surface area contributed by atoms with E-state index in [1.54, 1.807) is 19.2 Å². The highest BCUT2D eigenvalue weighted by Gasteiger charge is 2.27. The van der Waals surface area contributed by atoms with Gasteiger partial charge in [0.15, 0.2) is 0 Å². The van der Waals surface area contributed by atoms with Crippen molar-refractivity contribution in [2.75, 3.05) is 7.11 Å². The Bertz CT molecular complexity index is 654. The number of carbonyl (C=O) groups excluding carboxylic acids is 1. The van der Waals surface area contributed by atoms with Gasteiger partial charge >= 0.3 is 5.97 Å². The van der Waals surface area contributed by atoms with E-state index in [0.717, 1.165) is 18.4 Å². The summed E-state index contributed by atoms with van der Waals surface area (Å²) in [7, 11) is 1.55. The first-order chi connectivity index (χ1) is 12.2. The Balaban J connectivity index is 2.63. The number of methoxy groups -OCH3 is 1. The Morgan fingerprint density at radius 3 is 2.23 bits per heavy atom. The van der Waals surface area contributed by atoms with Crippen molar-refractivity contribution in [2.24, 2.45) is 11.8 Å². The summed E-state index contributed by atoms with van der Waals surface area (Å²) >= 11 is 3.39. The number of ether oxygens (including phenoxy) is 2. The van der Waals surface area contributed by atoms with Crippen LogP contribution in [0.25, 0.3) is 0 Å². The number of nitriles is 2. The summed E-state index contributed by atoms with van der Waals surface area (Å²) in [5.74, 6) is -1.25. The van der Waals surface area contributed by atoms with Gasteiger partial charge < -0.3 is 9.47 Å². The highest BCUT2D eigenvalue weighted by molar-refractivity contribution is 9.09. The molecule has 0 radical (unpaired) electrons. The molecule has 0 amide bonds. The van der Waals surface area contributed by atoms with Gasteiger partial charge in [0.1, 0.15) is 16.5 Å². The Labute approximate surface area is 164 Å². The summed E-state index contributed by atoms with van der Waals surface area (Å²) < 4.78 is 10.6. The molecule has 0 saturated carbocycles. The van der Waals surface area contributed by atoms with Crippen LogP contribution in [-0.4, -0.2) is 23.7 Å². The van der Waals surface area contributed by atoms with Crippen LogP contribution in [0.1, 0.15) is 49.5 Å². The molecule has 140 valence electrons. The fraction of sp³-hybridized carbons (Fsp3) is 0.550. The van der Waals surface area contributed by atoms with Crippen molar-refractivity contribution in [2.45, 2.75) is 50.6 Å². The number of hydrogen-bond donors (Lipinski definition) is 0. The molecule has 6 heteroatoms. The number of hydrogen-bond acceptors (Lipinski definition) is 5. The molecule has 0 N–H and O–H groups in total. The molecule has 0 fully saturated rings. The molecule has 0 spiro atoms. The smallest absolute Gasteiger partial charge is 0.338 e. The van der Waals surface area contributed by atoms with Crippen LogP contribution in [-0.2, 0) is 15.9 Å². The Morgan fingerprint density at radius 2 is 1.77 bits per heavy atom. The highest BCUT2D eigenvalue weighted by Crippen LogP contribution is 2.27. The van der Waals surface area contributed by atoms with Crippen LogP contribution < -0.4 is 0 Å². The number of nitrogens with zero attached hydrogens (tertiary/aromatic N) is 2. The van der Waals surface area contributed by atoms with Crippen LogP contribution >= 0.6 is 15.9 Å². The Kier molecular flexibility index (Phi) is 8.78. The maximum atomic E-state index is 12.0. The second-order valence-electron chi connectivity index (χ2n) is 7.08. The lowest BCUT2D eigenvalue weighted by molar-refractivity contribution is 0.00695. The molecular formula is C20H25BrN2O3. The van der Waals surface area contributed by atoms with Gasteiger partial charge in [-0.25, -0.2) is 4.79 Å². The van der Waals surface area contributed by atoms with Crippen molar-refractivity contribution in [3.63, 3.8) is 0 Å². The molecule has 1 aromatic rings. The molecule has 5 nitrogen and oxygen atoms in total. The van der Waals surface area contributed by atoms with E-state index in [4.69, 9.17) is 20.0 Å². The molecule has 0 aliphatic carbocycles. The molecule has 1 aromatic carbocycles. The zero-order valence-corrected chi connectivity index (χ0v) is 17.2. The molecule has 0 aliphatic heterocycles. The minimum absolute atomic E-state index is 0.198. The molecule has 0 aromatic heterocycles. The third-order valence-electron chi connectivity index (χ3n) is 3.86. The lowest BCUT2D eigenvalue weighted by atomic mass is 9.89. The first-order valence-corrected chi connectivity index (χ1v) is 9.41. The van der Waals surface area contributed by atoms with E-state index in [-0.39, 0.29) is 16.9 Å². The maximum absolute atomic E-state index is 12.0. The standard InChI is InChI=1S/C20H25BrN2O3/c1-20(2,3)26-19(24)15-10-8-14(9-11-15)6-5-7-17(18(21)25-4)16(12-22)13-23/h8-11,16-18H,5-7H2,1-4H3. The first kappa shape index (κ1) is 22.2. The third-order valence-corrected chi connectivity index (χ3v) is 4.91. The van der Waals surface area contributed by atoms with E-state index < -0.39 is 11.5 Å². The molecule has 0 heterocycles. The van der Waals surface area contributed by atoms with Gasteiger partial charge in [-0.3, -0.25) is 0 Å². The molecule has 1 rings (SSSR count). The van der Waals surface area contributed by atoms with Crippen LogP contribution in [0.5, 0.6) is 0 Å². The van der Waals surface area contributed by atoms with E-state index in [0.29, 0.717) is 12.0 Å². The molecule has 0 aliphatic rings. The monoisotopic (exact) mass is 420 g/mol. The van der Waals surface area contributed by atoms with Gasteiger partial charge in [-0.2, -0.15) is 10.5 Å². The van der Waals surface area contributed by atoms with Gasteiger partial charge in [0.25, 0.3) is 0 Å². The summed E-state index contributed by atoms with van der Waals surface area (Å²) in [4.78, 5) is 12.0. The molecule has 0 bridgehead atoms. The van der Waals surface area contributed by atoms with Crippen molar-refractivity contribution >= 4 is 21.9 Å². The summed E-state index contributed by atoms with van der Waals surface area (Å²) in [5.41, 5.74) is 1.09. The van der Waals surface area contributed by atoms with Gasteiger partial charge in [0.2, 0.25) is 0 Å². The van der Waals surface area contributed by atoms with Crippen LogP contribution in [0.3, 0.4) is 0 Å². The Morgan fingerprint density at radius 1 is 1.19 bits per heavy atom. The number of esters is 1. The first-order valence-electron chi connectivity index (χ1n) is 8.50. The quantitative estimate of drug-likeness (QED) is 0.452. The van der Waals surface area contributed by atoms with Crippen molar-refractivity contribution in [3.8, 4) is 12.1 Å². The molecule has 0 saturated heterocycles. The summed E-state index contributed by atoms with van der Waals surface area (Å²) in [6.07, 6.45) is 2.28. The lowest BCUT2D eigenvalue weighted by Crippen LogP contribution is -2.24. The summed E-state index contributed by atoms with van der Waals surface area (Å²) in [6, 6.07) is 11.4. The van der Waals surface area contributed by atoms with Crippen molar-refractivity contribution in [1.82, 2.24) is 0 Å².